The zero-order chi connectivity index (χ0) is 24.0. The Labute approximate surface area is 199 Å². The number of benzene rings is 2. The van der Waals surface area contributed by atoms with Gasteiger partial charge in [-0.3, -0.25) is 14.5 Å². The zero-order valence-corrected chi connectivity index (χ0v) is 18.6. The first-order valence-corrected chi connectivity index (χ1v) is 11.0. The van der Waals surface area contributed by atoms with Gasteiger partial charge in [0.15, 0.2) is 11.5 Å². The van der Waals surface area contributed by atoms with Gasteiger partial charge in [0, 0.05) is 22.7 Å². The average molecular weight is 508 g/mol. The molecule has 1 saturated heterocycles. The quantitative estimate of drug-likeness (QED) is 0.371. The van der Waals surface area contributed by atoms with Crippen LogP contribution in [0, 0.1) is 0 Å². The molecule has 0 radical (unpaired) electrons. The molecule has 3 heterocycles. The second-order valence-electron chi connectivity index (χ2n) is 7.35. The van der Waals surface area contributed by atoms with Gasteiger partial charge in [-0.15, -0.1) is 0 Å². The van der Waals surface area contributed by atoms with Crippen molar-refractivity contribution in [3.8, 4) is 22.8 Å². The number of thioether (sulfide) groups is 1. The second-order valence-corrected chi connectivity index (χ2v) is 8.75. The van der Waals surface area contributed by atoms with Crippen LogP contribution in [0.2, 0.25) is 5.02 Å². The Bertz CT molecular complexity index is 1350. The number of ether oxygens (including phenoxy) is 2. The highest BCUT2D eigenvalue weighted by molar-refractivity contribution is 8.18. The Kier molecular flexibility index (Phi) is 5.57. The third kappa shape index (κ3) is 4.26. The predicted molar refractivity (Wildman–Crippen MR) is 118 cm³/mol. The number of carbonyl (C=O) groups excluding carboxylic acids is 2. The number of amides is 2. The molecule has 1 fully saturated rings. The highest BCUT2D eigenvalue weighted by Crippen LogP contribution is 2.40. The first kappa shape index (κ1) is 22.4. The number of fused-ring (bicyclic) bond motifs is 1. The molecule has 2 aromatic carbocycles. The standard InChI is InChI=1S/C23H13ClF3NO5S/c24-16-9-19-18(31-11-32-19)7-13(16)10-28-21(29)20(34-22(28)30)8-15-4-5-17(33-15)12-2-1-3-14(6-12)23(25,26)27/h1-9H,10-11H2/b20-8-. The number of halogens is 4. The lowest BCUT2D eigenvalue weighted by molar-refractivity contribution is -0.137. The van der Waals surface area contributed by atoms with Crippen molar-refractivity contribution in [2.24, 2.45) is 0 Å². The summed E-state index contributed by atoms with van der Waals surface area (Å²) < 4.78 is 55.1. The molecular formula is C23H13ClF3NO5S. The summed E-state index contributed by atoms with van der Waals surface area (Å²) in [7, 11) is 0. The normalized spacial score (nSPS) is 16.7. The van der Waals surface area contributed by atoms with E-state index in [1.165, 1.54) is 30.3 Å². The number of furan rings is 1. The number of hydrogen-bond donors (Lipinski definition) is 0. The molecule has 0 bridgehead atoms. The number of rotatable bonds is 4. The van der Waals surface area contributed by atoms with Crippen molar-refractivity contribution in [2.45, 2.75) is 12.7 Å². The Hall–Kier alpha value is -3.37. The van der Waals surface area contributed by atoms with Gasteiger partial charge in [-0.2, -0.15) is 13.2 Å². The third-order valence-electron chi connectivity index (χ3n) is 5.12. The summed E-state index contributed by atoms with van der Waals surface area (Å²) in [5.74, 6) is 0.834. The Morgan fingerprint density at radius 3 is 2.59 bits per heavy atom. The lowest BCUT2D eigenvalue weighted by Gasteiger charge is -2.14. The monoisotopic (exact) mass is 507 g/mol. The fourth-order valence-electron chi connectivity index (χ4n) is 3.45. The van der Waals surface area contributed by atoms with Crippen LogP contribution in [0.5, 0.6) is 11.5 Å². The molecule has 0 unspecified atom stereocenters. The van der Waals surface area contributed by atoms with E-state index in [2.05, 4.69) is 0 Å². The molecule has 0 atom stereocenters. The Morgan fingerprint density at radius 1 is 1.06 bits per heavy atom. The molecule has 6 nitrogen and oxygen atoms in total. The minimum Gasteiger partial charge on any atom is -0.457 e. The molecule has 3 aromatic rings. The Morgan fingerprint density at radius 2 is 1.82 bits per heavy atom. The molecule has 1 aromatic heterocycles. The van der Waals surface area contributed by atoms with Crippen LogP contribution in [0.4, 0.5) is 18.0 Å². The van der Waals surface area contributed by atoms with Crippen LogP contribution >= 0.6 is 23.4 Å². The largest absolute Gasteiger partial charge is 0.457 e. The van der Waals surface area contributed by atoms with Gasteiger partial charge in [0.25, 0.3) is 11.1 Å². The molecule has 0 spiro atoms. The smallest absolute Gasteiger partial charge is 0.416 e. The summed E-state index contributed by atoms with van der Waals surface area (Å²) in [6, 6.07) is 10.9. The summed E-state index contributed by atoms with van der Waals surface area (Å²) >= 11 is 6.99. The molecule has 11 heteroatoms. The first-order chi connectivity index (χ1) is 16.2. The lowest BCUT2D eigenvalue weighted by Crippen LogP contribution is -2.27. The van der Waals surface area contributed by atoms with Crippen LogP contribution < -0.4 is 9.47 Å². The number of hydrogen-bond acceptors (Lipinski definition) is 6. The van der Waals surface area contributed by atoms with E-state index in [9.17, 15) is 22.8 Å². The van der Waals surface area contributed by atoms with E-state index >= 15 is 0 Å². The SMILES string of the molecule is O=C1S/C(=C\c2ccc(-c3cccc(C(F)(F)F)c3)o2)C(=O)N1Cc1cc2c(cc1Cl)OCO2. The van der Waals surface area contributed by atoms with Gasteiger partial charge < -0.3 is 13.9 Å². The van der Waals surface area contributed by atoms with E-state index in [1.54, 1.807) is 12.1 Å². The number of alkyl halides is 3. The molecule has 34 heavy (non-hydrogen) atoms. The maximum Gasteiger partial charge on any atom is 0.416 e. The highest BCUT2D eigenvalue weighted by Gasteiger charge is 2.36. The lowest BCUT2D eigenvalue weighted by atomic mass is 10.1. The van der Waals surface area contributed by atoms with Gasteiger partial charge in [-0.05, 0) is 47.7 Å². The first-order valence-electron chi connectivity index (χ1n) is 9.80. The maximum absolute atomic E-state index is 13.0. The Balaban J connectivity index is 1.36. The van der Waals surface area contributed by atoms with Gasteiger partial charge >= 0.3 is 6.18 Å². The van der Waals surface area contributed by atoms with E-state index in [4.69, 9.17) is 25.5 Å². The number of carbonyl (C=O) groups is 2. The number of nitrogens with zero attached hydrogens (tertiary/aromatic N) is 1. The van der Waals surface area contributed by atoms with Crippen molar-refractivity contribution >= 4 is 40.6 Å². The van der Waals surface area contributed by atoms with Crippen molar-refractivity contribution in [2.75, 3.05) is 6.79 Å². The highest BCUT2D eigenvalue weighted by atomic mass is 35.5. The second kappa shape index (κ2) is 8.44. The fourth-order valence-corrected chi connectivity index (χ4v) is 4.48. The van der Waals surface area contributed by atoms with Crippen LogP contribution in [-0.2, 0) is 17.5 Å². The summed E-state index contributed by atoms with van der Waals surface area (Å²) in [6.45, 7) is -0.00379. The van der Waals surface area contributed by atoms with Crippen LogP contribution in [0.25, 0.3) is 17.4 Å². The minimum absolute atomic E-state index is 0.0606. The zero-order valence-electron chi connectivity index (χ0n) is 17.0. The molecule has 0 aliphatic carbocycles. The topological polar surface area (TPSA) is 69.0 Å². The summed E-state index contributed by atoms with van der Waals surface area (Å²) in [4.78, 5) is 26.5. The third-order valence-corrected chi connectivity index (χ3v) is 6.38. The van der Waals surface area contributed by atoms with Gasteiger partial charge in [0.2, 0.25) is 6.79 Å². The molecule has 2 aliphatic rings. The van der Waals surface area contributed by atoms with E-state index in [1.807, 2.05) is 0 Å². The van der Waals surface area contributed by atoms with Gasteiger partial charge in [0.05, 0.1) is 17.0 Å². The maximum atomic E-state index is 13.0. The van der Waals surface area contributed by atoms with E-state index in [-0.39, 0.29) is 35.3 Å². The average Bonchev–Trinajstić information content (AvgIpc) is 3.50. The van der Waals surface area contributed by atoms with E-state index in [0.29, 0.717) is 22.1 Å². The van der Waals surface area contributed by atoms with Gasteiger partial charge in [-0.25, -0.2) is 0 Å². The molecule has 5 rings (SSSR count). The molecule has 0 saturated carbocycles. The molecule has 2 amide bonds. The van der Waals surface area contributed by atoms with Crippen molar-refractivity contribution in [3.63, 3.8) is 0 Å². The van der Waals surface area contributed by atoms with Crippen molar-refractivity contribution in [1.29, 1.82) is 0 Å². The minimum atomic E-state index is -4.48. The molecule has 174 valence electrons. The molecule has 2 aliphatic heterocycles. The van der Waals surface area contributed by atoms with Crippen LogP contribution in [0.3, 0.4) is 0 Å². The van der Waals surface area contributed by atoms with Crippen molar-refractivity contribution < 1.29 is 36.7 Å². The van der Waals surface area contributed by atoms with E-state index < -0.39 is 22.9 Å². The predicted octanol–water partition coefficient (Wildman–Crippen LogP) is 6.58. The summed E-state index contributed by atoms with van der Waals surface area (Å²) in [6.07, 6.45) is -3.10. The fraction of sp³-hybridized carbons (Fsp3) is 0.130. The number of imide groups is 1. The van der Waals surface area contributed by atoms with Gasteiger partial charge in [0.1, 0.15) is 11.5 Å². The van der Waals surface area contributed by atoms with Crippen LogP contribution in [0.15, 0.2) is 57.9 Å². The molecule has 0 N–H and O–H groups in total. The van der Waals surface area contributed by atoms with Crippen molar-refractivity contribution in [1.82, 2.24) is 4.90 Å². The molecular weight excluding hydrogens is 495 g/mol. The van der Waals surface area contributed by atoms with Crippen LogP contribution in [0.1, 0.15) is 16.9 Å². The summed E-state index contributed by atoms with van der Waals surface area (Å²) in [5, 5.41) is -0.168. The summed E-state index contributed by atoms with van der Waals surface area (Å²) in [5.41, 5.74) is -0.0504. The van der Waals surface area contributed by atoms with E-state index in [0.717, 1.165) is 28.8 Å². The van der Waals surface area contributed by atoms with Crippen molar-refractivity contribution in [3.05, 3.63) is 75.3 Å². The van der Waals surface area contributed by atoms with Crippen LogP contribution in [-0.4, -0.2) is 22.8 Å². The van der Waals surface area contributed by atoms with Gasteiger partial charge in [-0.1, -0.05) is 23.7 Å².